The molecule has 2 rings (SSSR count). The maximum atomic E-state index is 11.3. The zero-order valence-corrected chi connectivity index (χ0v) is 12.4. The molecular formula is C13H18BrNOS. The molecule has 0 aliphatic carbocycles. The van der Waals surface area contributed by atoms with Gasteiger partial charge in [-0.25, -0.2) is 0 Å². The van der Waals surface area contributed by atoms with Gasteiger partial charge in [-0.15, -0.1) is 0 Å². The van der Waals surface area contributed by atoms with Crippen LogP contribution < -0.4 is 5.32 Å². The van der Waals surface area contributed by atoms with Crippen LogP contribution in [0.3, 0.4) is 0 Å². The maximum Gasteiger partial charge on any atom is 0.0294 e. The Morgan fingerprint density at radius 3 is 2.76 bits per heavy atom. The van der Waals surface area contributed by atoms with Gasteiger partial charge >= 0.3 is 0 Å². The zero-order valence-electron chi connectivity index (χ0n) is 9.99. The third-order valence-corrected chi connectivity index (χ3v) is 5.10. The summed E-state index contributed by atoms with van der Waals surface area (Å²) in [4.78, 5) is 0. The molecular weight excluding hydrogens is 298 g/mol. The summed E-state index contributed by atoms with van der Waals surface area (Å²) in [6.45, 7) is 2.19. The third-order valence-electron chi connectivity index (χ3n) is 3.22. The minimum Gasteiger partial charge on any atom is -0.307 e. The van der Waals surface area contributed by atoms with Crippen molar-refractivity contribution in [3.05, 3.63) is 34.3 Å². The Morgan fingerprint density at radius 1 is 1.41 bits per heavy atom. The molecule has 0 spiro atoms. The third kappa shape index (κ3) is 3.90. The van der Waals surface area contributed by atoms with Crippen LogP contribution in [-0.4, -0.2) is 21.8 Å². The fraction of sp³-hybridized carbons (Fsp3) is 0.538. The van der Waals surface area contributed by atoms with Crippen LogP contribution in [-0.2, 0) is 10.8 Å². The van der Waals surface area contributed by atoms with Gasteiger partial charge < -0.3 is 5.32 Å². The molecule has 1 aliphatic rings. The van der Waals surface area contributed by atoms with E-state index in [0.717, 1.165) is 28.8 Å². The Hall–Kier alpha value is -0.190. The minimum atomic E-state index is -0.571. The van der Waals surface area contributed by atoms with Crippen LogP contribution >= 0.6 is 15.9 Å². The van der Waals surface area contributed by atoms with E-state index in [1.807, 2.05) is 6.07 Å². The van der Waals surface area contributed by atoms with Gasteiger partial charge in [-0.1, -0.05) is 28.1 Å². The Bertz CT molecular complexity index is 400. The highest BCUT2D eigenvalue weighted by Gasteiger charge is 2.19. The van der Waals surface area contributed by atoms with Crippen molar-refractivity contribution in [1.82, 2.24) is 5.32 Å². The topological polar surface area (TPSA) is 29.1 Å². The van der Waals surface area contributed by atoms with E-state index in [2.05, 4.69) is 46.4 Å². The number of hydrogen-bond acceptors (Lipinski definition) is 2. The largest absolute Gasteiger partial charge is 0.307 e. The van der Waals surface area contributed by atoms with E-state index in [-0.39, 0.29) is 0 Å². The Labute approximate surface area is 114 Å². The second-order valence-corrected chi connectivity index (χ2v) is 7.18. The highest BCUT2D eigenvalue weighted by Crippen LogP contribution is 2.20. The minimum absolute atomic E-state index is 0.351. The standard InChI is InChI=1S/C13H18BrNOS/c1-10(11-3-2-4-12(14)9-11)15-13-5-7-17(16)8-6-13/h2-4,9-10,13,15H,5-8H2,1H3/t10-,13?,17?/m1/s1. The molecule has 1 fully saturated rings. The molecule has 0 unspecified atom stereocenters. The van der Waals surface area contributed by atoms with Crippen LogP contribution in [0.2, 0.25) is 0 Å². The fourth-order valence-corrected chi connectivity index (χ4v) is 3.90. The van der Waals surface area contributed by atoms with Gasteiger partial charge in [0.2, 0.25) is 0 Å². The first-order valence-corrected chi connectivity index (χ1v) is 8.30. The smallest absolute Gasteiger partial charge is 0.0294 e. The fourth-order valence-electron chi connectivity index (χ4n) is 2.19. The van der Waals surface area contributed by atoms with Gasteiger partial charge in [0.1, 0.15) is 0 Å². The molecule has 4 heteroatoms. The predicted octanol–water partition coefficient (Wildman–Crippen LogP) is 3.01. The first kappa shape index (κ1) is 13.2. The SMILES string of the molecule is C[C@@H](NC1CCS(=O)CC1)c1cccc(Br)c1. The van der Waals surface area contributed by atoms with Crippen LogP contribution in [0.25, 0.3) is 0 Å². The Balaban J connectivity index is 1.92. The maximum absolute atomic E-state index is 11.3. The highest BCUT2D eigenvalue weighted by atomic mass is 79.9. The molecule has 0 radical (unpaired) electrons. The molecule has 0 amide bonds. The normalized spacial score (nSPS) is 26.7. The van der Waals surface area contributed by atoms with Crippen molar-refractivity contribution >= 4 is 26.7 Å². The lowest BCUT2D eigenvalue weighted by atomic mass is 10.1. The molecule has 94 valence electrons. The molecule has 0 saturated carbocycles. The van der Waals surface area contributed by atoms with E-state index in [1.165, 1.54) is 5.56 Å². The van der Waals surface area contributed by atoms with Crippen molar-refractivity contribution in [1.29, 1.82) is 0 Å². The molecule has 1 heterocycles. The van der Waals surface area contributed by atoms with E-state index in [1.54, 1.807) is 0 Å². The lowest BCUT2D eigenvalue weighted by Gasteiger charge is -2.26. The van der Waals surface area contributed by atoms with Crippen LogP contribution in [0, 0.1) is 0 Å². The average Bonchev–Trinajstić information content (AvgIpc) is 2.32. The van der Waals surface area contributed by atoms with E-state index >= 15 is 0 Å². The van der Waals surface area contributed by atoms with Crippen LogP contribution in [0.5, 0.6) is 0 Å². The van der Waals surface area contributed by atoms with Gasteiger partial charge in [0.25, 0.3) is 0 Å². The summed E-state index contributed by atoms with van der Waals surface area (Å²) in [6, 6.07) is 9.26. The van der Waals surface area contributed by atoms with Crippen LogP contribution in [0.1, 0.15) is 31.4 Å². The van der Waals surface area contributed by atoms with Gasteiger partial charge in [0, 0.05) is 38.9 Å². The number of rotatable bonds is 3. The second-order valence-electron chi connectivity index (χ2n) is 4.57. The summed E-state index contributed by atoms with van der Waals surface area (Å²) in [5, 5.41) is 3.63. The summed E-state index contributed by atoms with van der Waals surface area (Å²) in [7, 11) is -0.571. The van der Waals surface area contributed by atoms with E-state index in [4.69, 9.17) is 0 Å². The number of nitrogens with one attached hydrogen (secondary N) is 1. The lowest BCUT2D eigenvalue weighted by Crippen LogP contribution is -2.37. The summed E-state index contributed by atoms with van der Waals surface area (Å²) < 4.78 is 12.4. The molecule has 2 nitrogen and oxygen atoms in total. The van der Waals surface area contributed by atoms with Crippen LogP contribution in [0.15, 0.2) is 28.7 Å². The first-order valence-electron chi connectivity index (χ1n) is 6.01. The van der Waals surface area contributed by atoms with Crippen molar-refractivity contribution in [3.8, 4) is 0 Å². The van der Waals surface area contributed by atoms with Gasteiger partial charge in [-0.3, -0.25) is 4.21 Å². The Morgan fingerprint density at radius 2 is 2.12 bits per heavy atom. The van der Waals surface area contributed by atoms with E-state index in [0.29, 0.717) is 12.1 Å². The summed E-state index contributed by atoms with van der Waals surface area (Å²) >= 11 is 3.50. The van der Waals surface area contributed by atoms with Crippen molar-refractivity contribution in [3.63, 3.8) is 0 Å². The average molecular weight is 316 g/mol. The van der Waals surface area contributed by atoms with E-state index in [9.17, 15) is 4.21 Å². The second kappa shape index (κ2) is 6.12. The van der Waals surface area contributed by atoms with Crippen molar-refractivity contribution in [2.45, 2.75) is 31.8 Å². The zero-order chi connectivity index (χ0) is 12.3. The van der Waals surface area contributed by atoms with Gasteiger partial charge in [-0.2, -0.15) is 0 Å². The van der Waals surface area contributed by atoms with E-state index < -0.39 is 10.8 Å². The Kier molecular flexibility index (Phi) is 4.77. The number of halogens is 1. The van der Waals surface area contributed by atoms with Crippen molar-refractivity contribution in [2.75, 3.05) is 11.5 Å². The molecule has 0 bridgehead atoms. The highest BCUT2D eigenvalue weighted by molar-refractivity contribution is 9.10. The summed E-state index contributed by atoms with van der Waals surface area (Å²) in [6.07, 6.45) is 2.07. The van der Waals surface area contributed by atoms with Crippen molar-refractivity contribution in [2.24, 2.45) is 0 Å². The predicted molar refractivity (Wildman–Crippen MR) is 76.6 cm³/mol. The molecule has 1 aliphatic heterocycles. The summed E-state index contributed by atoms with van der Waals surface area (Å²) in [5.74, 6) is 1.70. The lowest BCUT2D eigenvalue weighted by molar-refractivity contribution is 0.427. The number of benzene rings is 1. The van der Waals surface area contributed by atoms with Gasteiger partial charge in [-0.05, 0) is 37.5 Å². The molecule has 0 aromatic heterocycles. The molecule has 1 aromatic rings. The number of hydrogen-bond donors (Lipinski definition) is 1. The quantitative estimate of drug-likeness (QED) is 0.929. The molecule has 1 aromatic carbocycles. The van der Waals surface area contributed by atoms with Gasteiger partial charge in [0.05, 0.1) is 0 Å². The molecule has 1 saturated heterocycles. The molecule has 1 N–H and O–H groups in total. The summed E-state index contributed by atoms with van der Waals surface area (Å²) in [5.41, 5.74) is 1.30. The first-order chi connectivity index (χ1) is 8.15. The molecule has 1 atom stereocenters. The van der Waals surface area contributed by atoms with Crippen LogP contribution in [0.4, 0.5) is 0 Å². The molecule has 17 heavy (non-hydrogen) atoms. The van der Waals surface area contributed by atoms with Gasteiger partial charge in [0.15, 0.2) is 0 Å². The van der Waals surface area contributed by atoms with Crippen molar-refractivity contribution < 1.29 is 4.21 Å². The monoisotopic (exact) mass is 315 g/mol.